The summed E-state index contributed by atoms with van der Waals surface area (Å²) in [7, 11) is 0. The summed E-state index contributed by atoms with van der Waals surface area (Å²) in [5, 5.41) is 0. The quantitative estimate of drug-likeness (QED) is 0.722. The van der Waals surface area contributed by atoms with E-state index in [9.17, 15) is 4.79 Å². The molecular weight excluding hydrogens is 184 g/mol. The number of Topliss-reactive ketones (excluding diaryl/α,β-unsaturated/α-hetero) is 1. The lowest BCUT2D eigenvalue weighted by atomic mass is 9.87. The van der Waals surface area contributed by atoms with Crippen molar-refractivity contribution in [3.8, 4) is 0 Å². The Hall–Kier alpha value is -1.11. The lowest BCUT2D eigenvalue weighted by molar-refractivity contribution is -0.116. The van der Waals surface area contributed by atoms with Gasteiger partial charge in [0.15, 0.2) is 0 Å². The van der Waals surface area contributed by atoms with Crippen LogP contribution in [-0.2, 0) is 11.2 Å². The van der Waals surface area contributed by atoms with E-state index < -0.39 is 0 Å². The van der Waals surface area contributed by atoms with Crippen molar-refractivity contribution in [3.05, 3.63) is 33.4 Å². The van der Waals surface area contributed by atoms with Crippen LogP contribution in [0, 0.1) is 34.6 Å². The molecule has 0 aliphatic heterocycles. The first-order valence-electron chi connectivity index (χ1n) is 5.41. The molecule has 0 aromatic heterocycles. The summed E-state index contributed by atoms with van der Waals surface area (Å²) in [5.41, 5.74) is 7.81. The molecule has 0 N–H and O–H groups in total. The fraction of sp³-hybridized carbons (Fsp3) is 0.500. The summed E-state index contributed by atoms with van der Waals surface area (Å²) in [6.45, 7) is 12.3. The lowest BCUT2D eigenvalue weighted by Crippen LogP contribution is -2.06. The molecule has 0 saturated carbocycles. The number of hydrogen-bond acceptors (Lipinski definition) is 1. The number of hydrogen-bond donors (Lipinski definition) is 0. The zero-order chi connectivity index (χ0) is 11.7. The Morgan fingerprint density at radius 2 is 1.13 bits per heavy atom. The number of carbonyl (C=O) groups excluding carboxylic acids is 1. The van der Waals surface area contributed by atoms with Gasteiger partial charge >= 0.3 is 0 Å². The molecule has 0 radical (unpaired) electrons. The summed E-state index contributed by atoms with van der Waals surface area (Å²) in [5.74, 6) is 0.240. The maximum Gasteiger partial charge on any atom is 0.134 e. The maximum absolute atomic E-state index is 11.2. The van der Waals surface area contributed by atoms with Crippen molar-refractivity contribution in [2.75, 3.05) is 0 Å². The first-order valence-corrected chi connectivity index (χ1v) is 5.41. The van der Waals surface area contributed by atoms with Crippen LogP contribution in [0.15, 0.2) is 0 Å². The molecule has 15 heavy (non-hydrogen) atoms. The van der Waals surface area contributed by atoms with Crippen LogP contribution in [0.4, 0.5) is 0 Å². The minimum atomic E-state index is 0.240. The van der Waals surface area contributed by atoms with Crippen LogP contribution >= 0.6 is 0 Å². The van der Waals surface area contributed by atoms with E-state index in [0.29, 0.717) is 6.42 Å². The van der Waals surface area contributed by atoms with E-state index in [2.05, 4.69) is 34.6 Å². The van der Waals surface area contributed by atoms with Crippen LogP contribution in [0.3, 0.4) is 0 Å². The monoisotopic (exact) mass is 204 g/mol. The molecule has 0 aliphatic rings. The summed E-state index contributed by atoms with van der Waals surface area (Å²) >= 11 is 0. The second kappa shape index (κ2) is 4.18. The second-order valence-electron chi connectivity index (χ2n) is 4.48. The van der Waals surface area contributed by atoms with Gasteiger partial charge in [-0.15, -0.1) is 0 Å². The van der Waals surface area contributed by atoms with Crippen molar-refractivity contribution in [2.24, 2.45) is 0 Å². The van der Waals surface area contributed by atoms with E-state index in [1.165, 1.54) is 33.4 Å². The highest BCUT2D eigenvalue weighted by Crippen LogP contribution is 2.26. The predicted octanol–water partition coefficient (Wildman–Crippen LogP) is 3.36. The third kappa shape index (κ3) is 2.11. The minimum absolute atomic E-state index is 0.240. The average molecular weight is 204 g/mol. The molecule has 1 heteroatoms. The summed E-state index contributed by atoms with van der Waals surface area (Å²) in [4.78, 5) is 11.2. The Morgan fingerprint density at radius 3 is 1.47 bits per heavy atom. The Balaban J connectivity index is 3.45. The van der Waals surface area contributed by atoms with Gasteiger partial charge in [-0.05, 0) is 74.9 Å². The molecule has 0 aliphatic carbocycles. The zero-order valence-electron chi connectivity index (χ0n) is 10.6. The number of carbonyl (C=O) groups is 1. The SMILES string of the molecule is CC(=O)Cc1c(C)c(C)c(C)c(C)c1C. The molecule has 0 fully saturated rings. The fourth-order valence-corrected chi connectivity index (χ4v) is 2.09. The summed E-state index contributed by atoms with van der Waals surface area (Å²) < 4.78 is 0. The van der Waals surface area contributed by atoms with Crippen LogP contribution in [0.5, 0.6) is 0 Å². The van der Waals surface area contributed by atoms with E-state index in [1.807, 2.05) is 0 Å². The highest BCUT2D eigenvalue weighted by Gasteiger charge is 2.12. The summed E-state index contributed by atoms with van der Waals surface area (Å²) in [6.07, 6.45) is 0.569. The van der Waals surface area contributed by atoms with Crippen molar-refractivity contribution >= 4 is 5.78 Å². The van der Waals surface area contributed by atoms with Crippen LogP contribution in [0.25, 0.3) is 0 Å². The predicted molar refractivity (Wildman–Crippen MR) is 64.5 cm³/mol. The largest absolute Gasteiger partial charge is 0.300 e. The van der Waals surface area contributed by atoms with Gasteiger partial charge < -0.3 is 0 Å². The van der Waals surface area contributed by atoms with E-state index >= 15 is 0 Å². The van der Waals surface area contributed by atoms with Gasteiger partial charge in [0.2, 0.25) is 0 Å². The summed E-state index contributed by atoms with van der Waals surface area (Å²) in [6, 6.07) is 0. The minimum Gasteiger partial charge on any atom is -0.300 e. The highest BCUT2D eigenvalue weighted by atomic mass is 16.1. The Kier molecular flexibility index (Phi) is 3.33. The van der Waals surface area contributed by atoms with Crippen molar-refractivity contribution in [2.45, 2.75) is 48.0 Å². The Labute approximate surface area is 92.5 Å². The Morgan fingerprint density at radius 1 is 0.800 bits per heavy atom. The lowest BCUT2D eigenvalue weighted by Gasteiger charge is -2.17. The molecule has 0 heterocycles. The molecule has 0 amide bonds. The van der Waals surface area contributed by atoms with E-state index in [1.54, 1.807) is 6.92 Å². The van der Waals surface area contributed by atoms with Gasteiger partial charge in [0.25, 0.3) is 0 Å². The van der Waals surface area contributed by atoms with Crippen molar-refractivity contribution in [1.29, 1.82) is 0 Å². The maximum atomic E-state index is 11.2. The van der Waals surface area contributed by atoms with Crippen molar-refractivity contribution < 1.29 is 4.79 Å². The van der Waals surface area contributed by atoms with Gasteiger partial charge in [-0.3, -0.25) is 4.79 Å². The molecule has 82 valence electrons. The molecule has 0 saturated heterocycles. The molecule has 0 unspecified atom stereocenters. The van der Waals surface area contributed by atoms with Gasteiger partial charge in [0.05, 0.1) is 0 Å². The Bertz CT molecular complexity index is 385. The molecular formula is C14H20O. The smallest absolute Gasteiger partial charge is 0.134 e. The van der Waals surface area contributed by atoms with E-state index in [0.717, 1.165) is 0 Å². The van der Waals surface area contributed by atoms with Gasteiger partial charge in [-0.2, -0.15) is 0 Å². The normalized spacial score (nSPS) is 10.5. The molecule has 1 aromatic carbocycles. The molecule has 0 atom stereocenters. The van der Waals surface area contributed by atoms with Crippen LogP contribution in [0.1, 0.15) is 40.3 Å². The van der Waals surface area contributed by atoms with Crippen molar-refractivity contribution in [3.63, 3.8) is 0 Å². The second-order valence-corrected chi connectivity index (χ2v) is 4.48. The molecule has 1 aromatic rings. The zero-order valence-corrected chi connectivity index (χ0v) is 10.6. The number of rotatable bonds is 2. The van der Waals surface area contributed by atoms with E-state index in [-0.39, 0.29) is 5.78 Å². The average Bonchev–Trinajstić information content (AvgIpc) is 2.18. The molecule has 1 nitrogen and oxygen atoms in total. The first kappa shape index (κ1) is 12.0. The van der Waals surface area contributed by atoms with Gasteiger partial charge in [0, 0.05) is 6.42 Å². The van der Waals surface area contributed by atoms with Gasteiger partial charge in [0.1, 0.15) is 5.78 Å². The molecule has 1 rings (SSSR count). The van der Waals surface area contributed by atoms with Gasteiger partial charge in [-0.1, -0.05) is 0 Å². The molecule has 0 spiro atoms. The van der Waals surface area contributed by atoms with E-state index in [4.69, 9.17) is 0 Å². The standard InChI is InChI=1S/C14H20O/c1-8(15)7-14-12(5)10(3)9(2)11(4)13(14)6/h7H2,1-6H3. The third-order valence-corrected chi connectivity index (χ3v) is 3.58. The number of benzene rings is 1. The van der Waals surface area contributed by atoms with Crippen LogP contribution < -0.4 is 0 Å². The topological polar surface area (TPSA) is 17.1 Å². The highest BCUT2D eigenvalue weighted by molar-refractivity contribution is 5.79. The first-order chi connectivity index (χ1) is 6.86. The third-order valence-electron chi connectivity index (χ3n) is 3.58. The molecule has 0 bridgehead atoms. The van der Waals surface area contributed by atoms with Crippen LogP contribution in [-0.4, -0.2) is 5.78 Å². The fourth-order valence-electron chi connectivity index (χ4n) is 2.09. The van der Waals surface area contributed by atoms with Crippen LogP contribution in [0.2, 0.25) is 0 Å². The van der Waals surface area contributed by atoms with Crippen molar-refractivity contribution in [1.82, 2.24) is 0 Å². The van der Waals surface area contributed by atoms with Gasteiger partial charge in [-0.25, -0.2) is 0 Å². The number of ketones is 1.